The fourth-order valence-electron chi connectivity index (χ4n) is 0.936. The highest BCUT2D eigenvalue weighted by Gasteiger charge is 2.04. The van der Waals surface area contributed by atoms with Crippen LogP contribution in [0, 0.1) is 0 Å². The Balaban J connectivity index is 2.99. The van der Waals surface area contributed by atoms with E-state index in [2.05, 4.69) is 0 Å². The van der Waals surface area contributed by atoms with Crippen LogP contribution < -0.4 is 4.74 Å². The molecule has 1 aromatic carbocycles. The summed E-state index contributed by atoms with van der Waals surface area (Å²) in [7, 11) is 1.52. The van der Waals surface area contributed by atoms with E-state index in [0.29, 0.717) is 5.75 Å². The summed E-state index contributed by atoms with van der Waals surface area (Å²) in [4.78, 5) is 0. The molecular weight excluding hydrogens is 174 g/mol. The second-order valence-corrected chi connectivity index (χ2v) is 2.58. The van der Waals surface area contributed by atoms with Crippen molar-refractivity contribution in [2.75, 3.05) is 7.11 Å². The molecule has 1 nitrogen and oxygen atoms in total. The zero-order chi connectivity index (χ0) is 9.84. The third-order valence-corrected chi connectivity index (χ3v) is 1.65. The van der Waals surface area contributed by atoms with Crippen LogP contribution in [0.25, 0.3) is 5.83 Å². The highest BCUT2D eigenvalue weighted by molar-refractivity contribution is 5.61. The normalized spacial score (nSPS) is 12.3. The van der Waals surface area contributed by atoms with Gasteiger partial charge < -0.3 is 4.74 Å². The highest BCUT2D eigenvalue weighted by atomic mass is 19.2. The smallest absolute Gasteiger partial charge is 0.161 e. The molecule has 13 heavy (non-hydrogen) atoms. The molecule has 0 fully saturated rings. The van der Waals surface area contributed by atoms with E-state index < -0.39 is 11.7 Å². The van der Waals surface area contributed by atoms with Gasteiger partial charge in [0.05, 0.1) is 7.11 Å². The van der Waals surface area contributed by atoms with E-state index >= 15 is 0 Å². The van der Waals surface area contributed by atoms with Crippen LogP contribution in [-0.4, -0.2) is 7.11 Å². The Kier molecular flexibility index (Phi) is 3.01. The molecule has 0 aliphatic rings. The standard InChI is InChI=1S/C10H10F2O/c1-7(11)10(12)8-3-5-9(13-2)6-4-8/h3-6H,1-2H3/b10-7+. The molecule has 70 valence electrons. The van der Waals surface area contributed by atoms with Gasteiger partial charge in [-0.1, -0.05) is 0 Å². The molecule has 0 saturated carbocycles. The molecule has 0 aliphatic carbocycles. The van der Waals surface area contributed by atoms with Crippen LogP contribution in [0.4, 0.5) is 8.78 Å². The molecular formula is C10H10F2O. The van der Waals surface area contributed by atoms with E-state index in [1.807, 2.05) is 0 Å². The maximum Gasteiger partial charge on any atom is 0.161 e. The molecule has 0 heterocycles. The highest BCUT2D eigenvalue weighted by Crippen LogP contribution is 2.22. The van der Waals surface area contributed by atoms with E-state index in [4.69, 9.17) is 4.74 Å². The fourth-order valence-corrected chi connectivity index (χ4v) is 0.936. The van der Waals surface area contributed by atoms with Crippen molar-refractivity contribution in [2.45, 2.75) is 6.92 Å². The van der Waals surface area contributed by atoms with Crippen LogP contribution in [0.5, 0.6) is 5.75 Å². The monoisotopic (exact) mass is 184 g/mol. The number of hydrogen-bond donors (Lipinski definition) is 0. The lowest BCUT2D eigenvalue weighted by Crippen LogP contribution is -1.84. The molecule has 0 saturated heterocycles. The zero-order valence-corrected chi connectivity index (χ0v) is 7.47. The van der Waals surface area contributed by atoms with E-state index in [9.17, 15) is 8.78 Å². The minimum Gasteiger partial charge on any atom is -0.497 e. The van der Waals surface area contributed by atoms with Gasteiger partial charge in [-0.05, 0) is 31.2 Å². The number of methoxy groups -OCH3 is 1. The molecule has 0 unspecified atom stereocenters. The summed E-state index contributed by atoms with van der Waals surface area (Å²) >= 11 is 0. The lowest BCUT2D eigenvalue weighted by Gasteiger charge is -2.01. The third-order valence-electron chi connectivity index (χ3n) is 1.65. The summed E-state index contributed by atoms with van der Waals surface area (Å²) in [5.74, 6) is -1.03. The van der Waals surface area contributed by atoms with Gasteiger partial charge in [-0.25, -0.2) is 8.78 Å². The van der Waals surface area contributed by atoms with Crippen LogP contribution in [-0.2, 0) is 0 Å². The second-order valence-electron chi connectivity index (χ2n) is 2.58. The quantitative estimate of drug-likeness (QED) is 0.685. The van der Waals surface area contributed by atoms with Gasteiger partial charge in [-0.15, -0.1) is 0 Å². The van der Waals surface area contributed by atoms with Crippen LogP contribution in [0.1, 0.15) is 12.5 Å². The first-order valence-corrected chi connectivity index (χ1v) is 3.81. The van der Waals surface area contributed by atoms with Crippen molar-refractivity contribution >= 4 is 5.83 Å². The summed E-state index contributed by atoms with van der Waals surface area (Å²) in [5, 5.41) is 0. The number of rotatable bonds is 2. The molecule has 0 bridgehead atoms. The van der Waals surface area contributed by atoms with Crippen LogP contribution in [0.15, 0.2) is 30.1 Å². The molecule has 1 aromatic rings. The van der Waals surface area contributed by atoms with Crippen molar-refractivity contribution in [1.82, 2.24) is 0 Å². The third kappa shape index (κ3) is 2.28. The van der Waals surface area contributed by atoms with Crippen molar-refractivity contribution in [3.63, 3.8) is 0 Å². The summed E-state index contributed by atoms with van der Waals surface area (Å²) < 4.78 is 30.3. The average molecular weight is 184 g/mol. The van der Waals surface area contributed by atoms with E-state index in [0.717, 1.165) is 6.92 Å². The van der Waals surface area contributed by atoms with Gasteiger partial charge in [0, 0.05) is 5.56 Å². The first kappa shape index (κ1) is 9.71. The van der Waals surface area contributed by atoms with Gasteiger partial charge in [0.1, 0.15) is 11.6 Å². The van der Waals surface area contributed by atoms with Gasteiger partial charge >= 0.3 is 0 Å². The Morgan fingerprint density at radius 3 is 2.08 bits per heavy atom. The predicted octanol–water partition coefficient (Wildman–Crippen LogP) is 3.32. The average Bonchev–Trinajstić information content (AvgIpc) is 2.17. The molecule has 0 radical (unpaired) electrons. The topological polar surface area (TPSA) is 9.23 Å². The summed E-state index contributed by atoms with van der Waals surface area (Å²) in [6.07, 6.45) is 0. The summed E-state index contributed by atoms with van der Waals surface area (Å²) in [6, 6.07) is 6.10. The Morgan fingerprint density at radius 1 is 1.15 bits per heavy atom. The number of ether oxygens (including phenoxy) is 1. The maximum absolute atomic E-state index is 13.0. The molecule has 0 atom stereocenters. The Labute approximate surface area is 75.6 Å². The first-order valence-electron chi connectivity index (χ1n) is 3.81. The van der Waals surface area contributed by atoms with E-state index in [1.54, 1.807) is 12.1 Å². The minimum absolute atomic E-state index is 0.223. The summed E-state index contributed by atoms with van der Waals surface area (Å²) in [5.41, 5.74) is 0.223. The molecule has 0 spiro atoms. The number of halogens is 2. The molecule has 3 heteroatoms. The largest absolute Gasteiger partial charge is 0.497 e. The van der Waals surface area contributed by atoms with Crippen LogP contribution in [0.3, 0.4) is 0 Å². The molecule has 0 aliphatic heterocycles. The van der Waals surface area contributed by atoms with Crippen LogP contribution >= 0.6 is 0 Å². The van der Waals surface area contributed by atoms with Crippen molar-refractivity contribution in [3.8, 4) is 5.75 Å². The van der Waals surface area contributed by atoms with Gasteiger partial charge in [-0.3, -0.25) is 0 Å². The Hall–Kier alpha value is -1.38. The fraction of sp³-hybridized carbons (Fsp3) is 0.200. The molecule has 1 rings (SSSR count). The lowest BCUT2D eigenvalue weighted by atomic mass is 10.2. The van der Waals surface area contributed by atoms with Gasteiger partial charge in [0.15, 0.2) is 5.83 Å². The van der Waals surface area contributed by atoms with Crippen molar-refractivity contribution < 1.29 is 13.5 Å². The number of benzene rings is 1. The minimum atomic E-state index is -0.831. The number of hydrogen-bond acceptors (Lipinski definition) is 1. The molecule has 0 aromatic heterocycles. The molecule has 0 amide bonds. The molecule has 0 N–H and O–H groups in total. The van der Waals surface area contributed by atoms with Crippen LogP contribution in [0.2, 0.25) is 0 Å². The van der Waals surface area contributed by atoms with Crippen molar-refractivity contribution in [3.05, 3.63) is 35.7 Å². The lowest BCUT2D eigenvalue weighted by molar-refractivity contribution is 0.414. The van der Waals surface area contributed by atoms with Crippen molar-refractivity contribution in [2.24, 2.45) is 0 Å². The van der Waals surface area contributed by atoms with Crippen molar-refractivity contribution in [1.29, 1.82) is 0 Å². The first-order chi connectivity index (χ1) is 6.15. The maximum atomic E-state index is 13.0. The predicted molar refractivity (Wildman–Crippen MR) is 47.8 cm³/mol. The van der Waals surface area contributed by atoms with E-state index in [-0.39, 0.29) is 5.56 Å². The van der Waals surface area contributed by atoms with Gasteiger partial charge in [-0.2, -0.15) is 0 Å². The second kappa shape index (κ2) is 4.03. The Morgan fingerprint density at radius 2 is 1.69 bits per heavy atom. The Bertz CT molecular complexity index is 310. The van der Waals surface area contributed by atoms with E-state index in [1.165, 1.54) is 19.2 Å². The van der Waals surface area contributed by atoms with Gasteiger partial charge in [0.2, 0.25) is 0 Å². The number of allylic oxidation sites excluding steroid dienone is 1. The summed E-state index contributed by atoms with van der Waals surface area (Å²) in [6.45, 7) is 1.08. The SMILES string of the molecule is COc1ccc(/C(F)=C(/C)F)cc1. The van der Waals surface area contributed by atoms with Gasteiger partial charge in [0.25, 0.3) is 0 Å². The zero-order valence-electron chi connectivity index (χ0n) is 7.47.